The highest BCUT2D eigenvalue weighted by atomic mass is 35.5. The summed E-state index contributed by atoms with van der Waals surface area (Å²) >= 11 is 5.96. The molecule has 5 heteroatoms. The fourth-order valence-corrected chi connectivity index (χ4v) is 4.99. The Morgan fingerprint density at radius 1 is 0.967 bits per heavy atom. The van der Waals surface area contributed by atoms with Crippen molar-refractivity contribution in [3.8, 4) is 0 Å². The van der Waals surface area contributed by atoms with Crippen LogP contribution in [0.1, 0.15) is 47.2 Å². The fraction of sp³-hybridized carbons (Fsp3) is 0.480. The molecule has 1 aliphatic carbocycles. The number of carbonyl (C=O) groups excluding carboxylic acids is 1. The number of halogens is 1. The van der Waals surface area contributed by atoms with Gasteiger partial charge in [-0.3, -0.25) is 4.79 Å². The van der Waals surface area contributed by atoms with Crippen molar-refractivity contribution < 1.29 is 4.79 Å². The van der Waals surface area contributed by atoms with E-state index in [0.717, 1.165) is 57.0 Å². The second kappa shape index (κ2) is 8.24. The molecule has 0 atom stereocenters. The molecule has 1 saturated heterocycles. The van der Waals surface area contributed by atoms with E-state index >= 15 is 0 Å². The summed E-state index contributed by atoms with van der Waals surface area (Å²) in [5.41, 5.74) is 5.05. The van der Waals surface area contributed by atoms with E-state index in [1.807, 2.05) is 17.0 Å². The Bertz CT molecular complexity index is 916. The van der Waals surface area contributed by atoms with Gasteiger partial charge >= 0.3 is 0 Å². The molecule has 2 aromatic carbocycles. The molecule has 2 heterocycles. The van der Waals surface area contributed by atoms with Crippen molar-refractivity contribution in [3.63, 3.8) is 0 Å². The number of likely N-dealkylation sites (tertiary alicyclic amines) is 1. The number of piperidine rings is 1. The molecule has 2 aromatic rings. The Hall–Kier alpha value is -2.04. The van der Waals surface area contributed by atoms with Gasteiger partial charge < -0.3 is 9.91 Å². The molecular formula is C25H30ClN3O. The van der Waals surface area contributed by atoms with E-state index in [-0.39, 0.29) is 5.91 Å². The highest BCUT2D eigenvalue weighted by molar-refractivity contribution is 6.30. The first-order valence-electron chi connectivity index (χ1n) is 11.2. The lowest BCUT2D eigenvalue weighted by atomic mass is 9.96. The summed E-state index contributed by atoms with van der Waals surface area (Å²) in [6.07, 6.45) is 4.89. The first-order chi connectivity index (χ1) is 14.6. The minimum Gasteiger partial charge on any atom is -0.339 e. The van der Waals surface area contributed by atoms with E-state index in [1.54, 1.807) is 12.1 Å². The average molecular weight is 424 g/mol. The largest absolute Gasteiger partial charge is 0.339 e. The lowest BCUT2D eigenvalue weighted by Crippen LogP contribution is -2.45. The molecule has 1 saturated carbocycles. The van der Waals surface area contributed by atoms with Gasteiger partial charge in [0, 0.05) is 43.3 Å². The van der Waals surface area contributed by atoms with Crippen LogP contribution in [0.4, 0.5) is 5.69 Å². The number of anilines is 1. The van der Waals surface area contributed by atoms with E-state index in [0.29, 0.717) is 10.9 Å². The van der Waals surface area contributed by atoms with Gasteiger partial charge in [-0.25, -0.2) is 5.01 Å². The number of aryl methyl sites for hydroxylation is 1. The Morgan fingerprint density at radius 3 is 2.37 bits per heavy atom. The number of nitrogens with zero attached hydrogens (tertiary/aromatic N) is 3. The Balaban J connectivity index is 1.21. The third kappa shape index (κ3) is 4.08. The zero-order chi connectivity index (χ0) is 20.7. The summed E-state index contributed by atoms with van der Waals surface area (Å²) in [7, 11) is 0. The third-order valence-corrected chi connectivity index (χ3v) is 7.19. The monoisotopic (exact) mass is 423 g/mol. The molecule has 158 valence electrons. The molecule has 0 unspecified atom stereocenters. The molecule has 2 fully saturated rings. The number of rotatable bonds is 5. The Labute approximate surface area is 184 Å². The number of carbonyl (C=O) groups is 1. The number of amides is 1. The zero-order valence-corrected chi connectivity index (χ0v) is 18.4. The van der Waals surface area contributed by atoms with Crippen LogP contribution in [-0.4, -0.2) is 42.0 Å². The van der Waals surface area contributed by atoms with Gasteiger partial charge in [-0.05, 0) is 85.9 Å². The second-order valence-corrected chi connectivity index (χ2v) is 9.62. The maximum absolute atomic E-state index is 12.8. The van der Waals surface area contributed by atoms with Crippen molar-refractivity contribution in [2.75, 3.05) is 31.2 Å². The number of fused-ring (bicyclic) bond motifs is 1. The summed E-state index contributed by atoms with van der Waals surface area (Å²) in [5.74, 6) is 1.62. The summed E-state index contributed by atoms with van der Waals surface area (Å²) in [6.45, 7) is 7.19. The lowest BCUT2D eigenvalue weighted by Gasteiger charge is -2.37. The van der Waals surface area contributed by atoms with Gasteiger partial charge in [-0.15, -0.1) is 0 Å². The van der Waals surface area contributed by atoms with E-state index in [1.165, 1.54) is 29.7 Å². The van der Waals surface area contributed by atoms with E-state index in [2.05, 4.69) is 35.1 Å². The van der Waals surface area contributed by atoms with Crippen LogP contribution in [0.3, 0.4) is 0 Å². The summed E-state index contributed by atoms with van der Waals surface area (Å²) in [5, 5.41) is 5.81. The molecule has 5 rings (SSSR count). The smallest absolute Gasteiger partial charge is 0.253 e. The van der Waals surface area contributed by atoms with Gasteiger partial charge in [0.15, 0.2) is 0 Å². The van der Waals surface area contributed by atoms with Crippen LogP contribution in [0.5, 0.6) is 0 Å². The molecule has 2 aliphatic heterocycles. The zero-order valence-electron chi connectivity index (χ0n) is 17.7. The average Bonchev–Trinajstić information content (AvgIpc) is 3.51. The van der Waals surface area contributed by atoms with Gasteiger partial charge in [-0.1, -0.05) is 23.7 Å². The normalized spacial score (nSPS) is 19.9. The van der Waals surface area contributed by atoms with Crippen LogP contribution >= 0.6 is 11.6 Å². The molecule has 4 nitrogen and oxygen atoms in total. The fourth-order valence-electron chi connectivity index (χ4n) is 4.87. The van der Waals surface area contributed by atoms with Crippen LogP contribution in [0.2, 0.25) is 5.02 Å². The topological polar surface area (TPSA) is 26.8 Å². The summed E-state index contributed by atoms with van der Waals surface area (Å²) < 4.78 is 0. The van der Waals surface area contributed by atoms with E-state index in [4.69, 9.17) is 11.6 Å². The van der Waals surface area contributed by atoms with Gasteiger partial charge in [0.2, 0.25) is 0 Å². The number of benzene rings is 2. The van der Waals surface area contributed by atoms with E-state index in [9.17, 15) is 4.79 Å². The van der Waals surface area contributed by atoms with Crippen LogP contribution in [-0.2, 0) is 6.54 Å². The van der Waals surface area contributed by atoms with Gasteiger partial charge in [-0.2, -0.15) is 0 Å². The quantitative estimate of drug-likeness (QED) is 0.665. The van der Waals surface area contributed by atoms with Crippen molar-refractivity contribution in [2.45, 2.75) is 39.2 Å². The molecule has 0 aromatic heterocycles. The van der Waals surface area contributed by atoms with Gasteiger partial charge in [0.1, 0.15) is 0 Å². The number of hydrazine groups is 1. The van der Waals surface area contributed by atoms with Crippen LogP contribution < -0.4 is 5.01 Å². The third-order valence-electron chi connectivity index (χ3n) is 6.94. The van der Waals surface area contributed by atoms with Crippen LogP contribution in [0.25, 0.3) is 0 Å². The maximum Gasteiger partial charge on any atom is 0.253 e. The number of hydrogen-bond acceptors (Lipinski definition) is 3. The minimum absolute atomic E-state index is 0.129. The molecule has 0 spiro atoms. The predicted molar refractivity (Wildman–Crippen MR) is 122 cm³/mol. The summed E-state index contributed by atoms with van der Waals surface area (Å²) in [6, 6.07) is 14.0. The minimum atomic E-state index is 0.129. The summed E-state index contributed by atoms with van der Waals surface area (Å²) in [4.78, 5) is 14.8. The SMILES string of the molecule is Cc1cccc2c1CN(CC1CCN(C(=O)c3ccc(Cl)cc3)CC1)N2CC1CC1. The van der Waals surface area contributed by atoms with Gasteiger partial charge in [0.05, 0.1) is 5.69 Å². The molecular weight excluding hydrogens is 394 g/mol. The van der Waals surface area contributed by atoms with Crippen molar-refractivity contribution in [2.24, 2.45) is 11.8 Å². The Morgan fingerprint density at radius 2 is 1.67 bits per heavy atom. The highest BCUT2D eigenvalue weighted by Crippen LogP contribution is 2.39. The predicted octanol–water partition coefficient (Wildman–Crippen LogP) is 5.15. The standard InChI is InChI=1S/C25H30ClN3O/c1-18-3-2-4-24-23(18)17-28(29(24)16-19-5-6-19)15-20-11-13-27(14-12-20)25(30)21-7-9-22(26)10-8-21/h2-4,7-10,19-20H,5-6,11-17H2,1H3. The number of hydrogen-bond donors (Lipinski definition) is 0. The van der Waals surface area contributed by atoms with Crippen molar-refractivity contribution in [3.05, 3.63) is 64.2 Å². The highest BCUT2D eigenvalue weighted by Gasteiger charge is 2.35. The second-order valence-electron chi connectivity index (χ2n) is 9.19. The van der Waals surface area contributed by atoms with Crippen LogP contribution in [0.15, 0.2) is 42.5 Å². The van der Waals surface area contributed by atoms with Gasteiger partial charge in [0.25, 0.3) is 5.91 Å². The molecule has 1 amide bonds. The van der Waals surface area contributed by atoms with Crippen LogP contribution in [0, 0.1) is 18.8 Å². The molecule has 30 heavy (non-hydrogen) atoms. The lowest BCUT2D eigenvalue weighted by molar-refractivity contribution is 0.0663. The first kappa shape index (κ1) is 19.9. The van der Waals surface area contributed by atoms with Crippen molar-refractivity contribution in [1.82, 2.24) is 9.91 Å². The molecule has 0 bridgehead atoms. The Kier molecular flexibility index (Phi) is 5.46. The molecule has 0 N–H and O–H groups in total. The molecule has 0 radical (unpaired) electrons. The van der Waals surface area contributed by atoms with Crippen molar-refractivity contribution in [1.29, 1.82) is 0 Å². The van der Waals surface area contributed by atoms with Crippen molar-refractivity contribution >= 4 is 23.2 Å². The molecule has 3 aliphatic rings. The maximum atomic E-state index is 12.8. The van der Waals surface area contributed by atoms with E-state index < -0.39 is 0 Å². The first-order valence-corrected chi connectivity index (χ1v) is 11.6.